The van der Waals surface area contributed by atoms with Gasteiger partial charge in [0.1, 0.15) is 10.9 Å². The minimum Gasteiger partial charge on any atom is -0.467 e. The Labute approximate surface area is 149 Å². The van der Waals surface area contributed by atoms with Gasteiger partial charge in [0.25, 0.3) is 5.91 Å². The zero-order valence-electron chi connectivity index (χ0n) is 13.4. The third-order valence-electron chi connectivity index (χ3n) is 3.62. The summed E-state index contributed by atoms with van der Waals surface area (Å²) in [6.45, 7) is -0.0290. The Morgan fingerprint density at radius 1 is 1.24 bits per heavy atom. The van der Waals surface area contributed by atoms with Crippen LogP contribution < -0.4 is 0 Å². The molecule has 0 unspecified atom stereocenters. The van der Waals surface area contributed by atoms with Gasteiger partial charge in [0.05, 0.1) is 23.9 Å². The number of hydrogen-bond donors (Lipinski definition) is 0. The SMILES string of the molecule is CN(Cc1ccco1)C(=O)COC(=O)c1ccc2nc(Cl)ccc2c1. The molecule has 0 atom stereocenters. The number of amides is 1. The highest BCUT2D eigenvalue weighted by Crippen LogP contribution is 2.17. The van der Waals surface area contributed by atoms with E-state index in [-0.39, 0.29) is 12.5 Å². The standard InChI is InChI=1S/C18H15ClN2O4/c1-21(10-14-3-2-8-24-14)17(22)11-25-18(23)13-4-6-15-12(9-13)5-7-16(19)20-15/h2-9H,10-11H2,1H3. The quantitative estimate of drug-likeness (QED) is 0.517. The van der Waals surface area contributed by atoms with E-state index in [1.807, 2.05) is 0 Å². The molecule has 25 heavy (non-hydrogen) atoms. The maximum absolute atomic E-state index is 12.1. The van der Waals surface area contributed by atoms with Crippen molar-refractivity contribution in [2.24, 2.45) is 0 Å². The molecule has 0 saturated heterocycles. The van der Waals surface area contributed by atoms with E-state index in [0.717, 1.165) is 5.39 Å². The second-order valence-electron chi connectivity index (χ2n) is 5.45. The molecule has 1 amide bonds. The summed E-state index contributed by atoms with van der Waals surface area (Å²) in [7, 11) is 1.62. The number of rotatable bonds is 5. The molecule has 2 aromatic heterocycles. The summed E-state index contributed by atoms with van der Waals surface area (Å²) in [6, 6.07) is 11.8. The van der Waals surface area contributed by atoms with Crippen molar-refractivity contribution < 1.29 is 18.7 Å². The fourth-order valence-corrected chi connectivity index (χ4v) is 2.43. The molecule has 0 spiro atoms. The van der Waals surface area contributed by atoms with E-state index in [1.54, 1.807) is 49.5 Å². The largest absolute Gasteiger partial charge is 0.467 e. The Morgan fingerprint density at radius 3 is 2.84 bits per heavy atom. The number of hydrogen-bond acceptors (Lipinski definition) is 5. The van der Waals surface area contributed by atoms with Crippen LogP contribution in [0.25, 0.3) is 10.9 Å². The molecule has 0 radical (unpaired) electrons. The molecule has 2 heterocycles. The Kier molecular flexibility index (Phi) is 5.00. The number of carbonyl (C=O) groups excluding carboxylic acids is 2. The van der Waals surface area contributed by atoms with E-state index < -0.39 is 5.97 Å². The van der Waals surface area contributed by atoms with Gasteiger partial charge in [0.2, 0.25) is 0 Å². The van der Waals surface area contributed by atoms with E-state index in [1.165, 1.54) is 11.2 Å². The van der Waals surface area contributed by atoms with Crippen molar-refractivity contribution in [3.05, 3.63) is 65.2 Å². The topological polar surface area (TPSA) is 72.6 Å². The summed E-state index contributed by atoms with van der Waals surface area (Å²) in [6.07, 6.45) is 1.54. The lowest BCUT2D eigenvalue weighted by atomic mass is 10.1. The maximum atomic E-state index is 12.1. The van der Waals surface area contributed by atoms with E-state index in [4.69, 9.17) is 20.8 Å². The highest BCUT2D eigenvalue weighted by atomic mass is 35.5. The van der Waals surface area contributed by atoms with Crippen molar-refractivity contribution in [3.63, 3.8) is 0 Å². The first-order valence-electron chi connectivity index (χ1n) is 7.53. The number of benzene rings is 1. The van der Waals surface area contributed by atoms with Crippen molar-refractivity contribution in [1.82, 2.24) is 9.88 Å². The number of aromatic nitrogens is 1. The van der Waals surface area contributed by atoms with E-state index in [0.29, 0.717) is 28.5 Å². The van der Waals surface area contributed by atoms with Gasteiger partial charge in [-0.25, -0.2) is 9.78 Å². The third-order valence-corrected chi connectivity index (χ3v) is 3.83. The van der Waals surface area contributed by atoms with Crippen LogP contribution in [0.3, 0.4) is 0 Å². The average molecular weight is 359 g/mol. The van der Waals surface area contributed by atoms with Crippen molar-refractivity contribution in [2.75, 3.05) is 13.7 Å². The molecule has 0 aliphatic carbocycles. The monoisotopic (exact) mass is 358 g/mol. The van der Waals surface area contributed by atoms with Crippen LogP contribution in [0.15, 0.2) is 53.1 Å². The Balaban J connectivity index is 1.60. The first-order chi connectivity index (χ1) is 12.0. The summed E-state index contributed by atoms with van der Waals surface area (Å²) in [4.78, 5) is 29.8. The normalized spacial score (nSPS) is 10.6. The smallest absolute Gasteiger partial charge is 0.338 e. The fourth-order valence-electron chi connectivity index (χ4n) is 2.27. The molecule has 0 fully saturated rings. The molecule has 0 aliphatic rings. The summed E-state index contributed by atoms with van der Waals surface area (Å²) in [5, 5.41) is 1.15. The number of fused-ring (bicyclic) bond motifs is 1. The number of furan rings is 1. The Morgan fingerprint density at radius 2 is 2.08 bits per heavy atom. The molecule has 0 saturated carbocycles. The van der Waals surface area contributed by atoms with Crippen molar-refractivity contribution >= 4 is 34.4 Å². The molecule has 0 aliphatic heterocycles. The van der Waals surface area contributed by atoms with Gasteiger partial charge < -0.3 is 14.1 Å². The molecule has 0 N–H and O–H groups in total. The van der Waals surface area contributed by atoms with E-state index in [9.17, 15) is 9.59 Å². The lowest BCUT2D eigenvalue weighted by Crippen LogP contribution is -2.30. The zero-order valence-corrected chi connectivity index (χ0v) is 14.2. The predicted molar refractivity (Wildman–Crippen MR) is 92.2 cm³/mol. The van der Waals surface area contributed by atoms with Gasteiger partial charge in [0, 0.05) is 12.4 Å². The van der Waals surface area contributed by atoms with Gasteiger partial charge in [0.15, 0.2) is 6.61 Å². The number of esters is 1. The molecule has 0 bridgehead atoms. The number of carbonyl (C=O) groups is 2. The lowest BCUT2D eigenvalue weighted by molar-refractivity contribution is -0.133. The number of halogens is 1. The van der Waals surface area contributed by atoms with Crippen LogP contribution >= 0.6 is 11.6 Å². The minimum atomic E-state index is -0.573. The maximum Gasteiger partial charge on any atom is 0.338 e. The zero-order chi connectivity index (χ0) is 17.8. The lowest BCUT2D eigenvalue weighted by Gasteiger charge is -2.15. The third kappa shape index (κ3) is 4.16. The van der Waals surface area contributed by atoms with Crippen LogP contribution in [0.4, 0.5) is 0 Å². The first-order valence-corrected chi connectivity index (χ1v) is 7.90. The van der Waals surface area contributed by atoms with Gasteiger partial charge in [-0.3, -0.25) is 4.79 Å². The van der Waals surface area contributed by atoms with Crippen LogP contribution in [-0.4, -0.2) is 35.4 Å². The Bertz CT molecular complexity index is 909. The highest BCUT2D eigenvalue weighted by molar-refractivity contribution is 6.29. The van der Waals surface area contributed by atoms with Crippen LogP contribution in [0.5, 0.6) is 0 Å². The molecule has 3 aromatic rings. The molecule has 7 heteroatoms. The number of ether oxygens (including phenoxy) is 1. The summed E-state index contributed by atoms with van der Waals surface area (Å²) < 4.78 is 10.3. The van der Waals surface area contributed by atoms with E-state index in [2.05, 4.69) is 4.98 Å². The van der Waals surface area contributed by atoms with Gasteiger partial charge in [-0.1, -0.05) is 11.6 Å². The second kappa shape index (κ2) is 7.36. The molecule has 1 aromatic carbocycles. The fraction of sp³-hybridized carbons (Fsp3) is 0.167. The highest BCUT2D eigenvalue weighted by Gasteiger charge is 2.15. The van der Waals surface area contributed by atoms with Crippen molar-refractivity contribution in [3.8, 4) is 0 Å². The first kappa shape index (κ1) is 17.0. The minimum absolute atomic E-state index is 0.311. The molecular weight excluding hydrogens is 344 g/mol. The van der Waals surface area contributed by atoms with Gasteiger partial charge in [-0.05, 0) is 42.5 Å². The number of nitrogens with zero attached hydrogens (tertiary/aromatic N) is 2. The van der Waals surface area contributed by atoms with Crippen LogP contribution in [-0.2, 0) is 16.1 Å². The molecule has 6 nitrogen and oxygen atoms in total. The summed E-state index contributed by atoms with van der Waals surface area (Å²) in [5.41, 5.74) is 1.02. The van der Waals surface area contributed by atoms with Crippen molar-refractivity contribution in [1.29, 1.82) is 0 Å². The summed E-state index contributed by atoms with van der Waals surface area (Å²) in [5.74, 6) is -0.238. The summed E-state index contributed by atoms with van der Waals surface area (Å²) >= 11 is 5.83. The number of likely N-dealkylation sites (N-methyl/N-ethyl adjacent to an activating group) is 1. The van der Waals surface area contributed by atoms with Crippen LogP contribution in [0.2, 0.25) is 5.15 Å². The predicted octanol–water partition coefficient (Wildman–Crippen LogP) is 3.30. The van der Waals surface area contributed by atoms with Gasteiger partial charge in [-0.15, -0.1) is 0 Å². The van der Waals surface area contributed by atoms with Crippen LogP contribution in [0.1, 0.15) is 16.1 Å². The van der Waals surface area contributed by atoms with Crippen LogP contribution in [0, 0.1) is 0 Å². The second-order valence-corrected chi connectivity index (χ2v) is 5.83. The molecule has 128 valence electrons. The van der Waals surface area contributed by atoms with E-state index >= 15 is 0 Å². The van der Waals surface area contributed by atoms with Gasteiger partial charge >= 0.3 is 5.97 Å². The molecule has 3 rings (SSSR count). The molecular formula is C18H15ClN2O4. The Hall–Kier alpha value is -2.86. The average Bonchev–Trinajstić information content (AvgIpc) is 3.11. The van der Waals surface area contributed by atoms with Crippen molar-refractivity contribution in [2.45, 2.75) is 6.54 Å². The number of pyridine rings is 1. The van der Waals surface area contributed by atoms with Gasteiger partial charge in [-0.2, -0.15) is 0 Å².